The Morgan fingerprint density at radius 3 is 2.53 bits per heavy atom. The molecule has 8 nitrogen and oxygen atoms in total. The molecule has 3 aromatic carbocycles. The molecule has 1 fully saturated rings. The van der Waals surface area contributed by atoms with Crippen molar-refractivity contribution >= 4 is 48.3 Å². The van der Waals surface area contributed by atoms with E-state index >= 15 is 0 Å². The van der Waals surface area contributed by atoms with E-state index in [-0.39, 0.29) is 22.1 Å². The van der Waals surface area contributed by atoms with Crippen LogP contribution in [0.25, 0.3) is 10.2 Å². The third-order valence-electron chi connectivity index (χ3n) is 6.43. The summed E-state index contributed by atoms with van der Waals surface area (Å²) in [6.45, 7) is 6.64. The summed E-state index contributed by atoms with van der Waals surface area (Å²) in [5.41, 5.74) is 2.64. The average molecular weight is 554 g/mol. The Hall–Kier alpha value is -3.54. The molecule has 5 rings (SSSR count). The number of piperazine rings is 1. The molecule has 0 atom stereocenters. The van der Waals surface area contributed by atoms with E-state index in [0.29, 0.717) is 13.1 Å². The van der Waals surface area contributed by atoms with Gasteiger partial charge in [-0.15, -0.1) is 0 Å². The van der Waals surface area contributed by atoms with Crippen LogP contribution in [0.5, 0.6) is 0 Å². The molecule has 2 N–H and O–H groups in total. The molecule has 1 saturated heterocycles. The normalized spacial score (nSPS) is 14.5. The first-order valence-electron chi connectivity index (χ1n) is 12.3. The van der Waals surface area contributed by atoms with Crippen molar-refractivity contribution in [2.75, 3.05) is 48.9 Å². The van der Waals surface area contributed by atoms with Gasteiger partial charge in [-0.2, -0.15) is 0 Å². The predicted octanol–water partition coefficient (Wildman–Crippen LogP) is 4.10. The quantitative estimate of drug-likeness (QED) is 0.341. The number of nitrogens with one attached hydrogen (secondary N) is 2. The maximum absolute atomic E-state index is 13.2. The van der Waals surface area contributed by atoms with Crippen molar-refractivity contribution in [2.45, 2.75) is 11.8 Å². The minimum Gasteiger partial charge on any atom is -0.351 e. The van der Waals surface area contributed by atoms with Gasteiger partial charge in [-0.05, 0) is 61.0 Å². The average Bonchev–Trinajstić information content (AvgIpc) is 3.32. The summed E-state index contributed by atoms with van der Waals surface area (Å²) in [5, 5.41) is 3.94. The predicted molar refractivity (Wildman–Crippen MR) is 149 cm³/mol. The Morgan fingerprint density at radius 2 is 1.76 bits per heavy atom. The molecule has 1 aliphatic heterocycles. The van der Waals surface area contributed by atoms with E-state index < -0.39 is 15.8 Å². The maximum atomic E-state index is 13.2. The highest BCUT2D eigenvalue weighted by Gasteiger charge is 2.21. The molecule has 38 heavy (non-hydrogen) atoms. The summed E-state index contributed by atoms with van der Waals surface area (Å²) in [6.07, 6.45) is 0. The summed E-state index contributed by atoms with van der Waals surface area (Å²) in [4.78, 5) is 22.2. The van der Waals surface area contributed by atoms with Gasteiger partial charge in [0.05, 0.1) is 26.4 Å². The molecule has 0 radical (unpaired) electrons. The number of fused-ring (bicyclic) bond motifs is 1. The summed E-state index contributed by atoms with van der Waals surface area (Å²) >= 11 is 1.72. The third-order valence-corrected chi connectivity index (χ3v) is 8.89. The number of anilines is 2. The van der Waals surface area contributed by atoms with Crippen molar-refractivity contribution < 1.29 is 17.6 Å². The molecule has 4 aromatic rings. The summed E-state index contributed by atoms with van der Waals surface area (Å²) in [6, 6.07) is 17.2. The molecule has 0 unspecified atom stereocenters. The Labute approximate surface area is 225 Å². The second-order valence-corrected chi connectivity index (χ2v) is 11.8. The molecular formula is C27H28FN5O3S2. The van der Waals surface area contributed by atoms with Gasteiger partial charge in [0, 0.05) is 39.3 Å². The van der Waals surface area contributed by atoms with Crippen LogP contribution in [0.3, 0.4) is 0 Å². The Kier molecular flexibility index (Phi) is 7.59. The van der Waals surface area contributed by atoms with Gasteiger partial charge in [-0.3, -0.25) is 14.4 Å². The topological polar surface area (TPSA) is 94.6 Å². The summed E-state index contributed by atoms with van der Waals surface area (Å²) in [5.74, 6) is -0.900. The third kappa shape index (κ3) is 5.95. The lowest BCUT2D eigenvalue weighted by Crippen LogP contribution is -2.48. The van der Waals surface area contributed by atoms with Crippen LogP contribution >= 0.6 is 11.3 Å². The first kappa shape index (κ1) is 26.1. The summed E-state index contributed by atoms with van der Waals surface area (Å²) in [7, 11) is -3.98. The van der Waals surface area contributed by atoms with Crippen molar-refractivity contribution in [3.63, 3.8) is 0 Å². The smallest absolute Gasteiger partial charge is 0.261 e. The van der Waals surface area contributed by atoms with Gasteiger partial charge in [0.1, 0.15) is 5.82 Å². The molecule has 11 heteroatoms. The minimum atomic E-state index is -3.98. The number of halogens is 1. The Morgan fingerprint density at radius 1 is 1.03 bits per heavy atom. The molecule has 198 valence electrons. The standard InChI is InChI=1S/C27H28FN5O3S2/c1-19-6-11-24-25(18-19)37-27(30-24)33-16-14-32(15-17-33)13-12-29-26(34)22-4-2-3-5-23(22)31-38(35,36)21-9-7-20(28)8-10-21/h2-11,18,31H,12-17H2,1H3,(H,29,34). The van der Waals surface area contributed by atoms with E-state index in [9.17, 15) is 17.6 Å². The zero-order valence-corrected chi connectivity index (χ0v) is 22.5. The fourth-order valence-electron chi connectivity index (χ4n) is 4.33. The lowest BCUT2D eigenvalue weighted by Gasteiger charge is -2.34. The molecule has 0 spiro atoms. The number of sulfonamides is 1. The van der Waals surface area contributed by atoms with Gasteiger partial charge in [0.2, 0.25) is 0 Å². The lowest BCUT2D eigenvalue weighted by atomic mass is 10.1. The molecule has 0 aliphatic carbocycles. The van der Waals surface area contributed by atoms with Crippen molar-refractivity contribution in [3.8, 4) is 0 Å². The van der Waals surface area contributed by atoms with E-state index in [2.05, 4.69) is 45.0 Å². The molecule has 2 heterocycles. The van der Waals surface area contributed by atoms with Crippen LogP contribution in [0.2, 0.25) is 0 Å². The van der Waals surface area contributed by atoms with Crippen LogP contribution in [0.4, 0.5) is 15.2 Å². The van der Waals surface area contributed by atoms with E-state index in [1.807, 2.05) is 0 Å². The second-order valence-electron chi connectivity index (χ2n) is 9.16. The van der Waals surface area contributed by atoms with Crippen molar-refractivity contribution in [2.24, 2.45) is 0 Å². The number of aromatic nitrogens is 1. The van der Waals surface area contributed by atoms with Crippen LogP contribution in [0, 0.1) is 12.7 Å². The minimum absolute atomic E-state index is 0.0887. The van der Waals surface area contributed by atoms with Gasteiger partial charge >= 0.3 is 0 Å². The molecule has 0 bridgehead atoms. The number of rotatable bonds is 8. The number of carbonyl (C=O) groups excluding carboxylic acids is 1. The summed E-state index contributed by atoms with van der Waals surface area (Å²) < 4.78 is 42.3. The zero-order chi connectivity index (χ0) is 26.7. The van der Waals surface area contributed by atoms with Crippen LogP contribution in [-0.4, -0.2) is 63.5 Å². The van der Waals surface area contributed by atoms with Gasteiger partial charge in [0.15, 0.2) is 5.13 Å². The second kappa shape index (κ2) is 11.1. The number of para-hydroxylation sites is 1. The van der Waals surface area contributed by atoms with Crippen LogP contribution in [0.1, 0.15) is 15.9 Å². The van der Waals surface area contributed by atoms with Gasteiger partial charge < -0.3 is 10.2 Å². The van der Waals surface area contributed by atoms with Crippen LogP contribution in [0.15, 0.2) is 71.6 Å². The van der Waals surface area contributed by atoms with E-state index in [1.54, 1.807) is 29.5 Å². The van der Waals surface area contributed by atoms with Gasteiger partial charge in [-0.1, -0.05) is 29.5 Å². The monoisotopic (exact) mass is 553 g/mol. The van der Waals surface area contributed by atoms with Crippen LogP contribution < -0.4 is 14.9 Å². The molecule has 1 aliphatic rings. The molecular weight excluding hydrogens is 525 g/mol. The maximum Gasteiger partial charge on any atom is 0.261 e. The van der Waals surface area contributed by atoms with E-state index in [0.717, 1.165) is 49.0 Å². The number of hydrogen-bond acceptors (Lipinski definition) is 7. The lowest BCUT2D eigenvalue weighted by molar-refractivity contribution is 0.0948. The highest BCUT2D eigenvalue weighted by Crippen LogP contribution is 2.30. The number of nitrogens with zero attached hydrogens (tertiary/aromatic N) is 3. The number of amides is 1. The van der Waals surface area contributed by atoms with Gasteiger partial charge in [-0.25, -0.2) is 17.8 Å². The van der Waals surface area contributed by atoms with E-state index in [4.69, 9.17) is 4.98 Å². The fraction of sp³-hybridized carbons (Fsp3) is 0.259. The number of carbonyl (C=O) groups is 1. The number of benzene rings is 3. The fourth-order valence-corrected chi connectivity index (χ4v) is 6.52. The Bertz CT molecular complexity index is 1550. The van der Waals surface area contributed by atoms with Crippen molar-refractivity contribution in [3.05, 3.63) is 83.7 Å². The molecule has 0 saturated carbocycles. The van der Waals surface area contributed by atoms with Crippen molar-refractivity contribution in [1.29, 1.82) is 0 Å². The van der Waals surface area contributed by atoms with Crippen molar-refractivity contribution in [1.82, 2.24) is 15.2 Å². The molecule has 1 amide bonds. The highest BCUT2D eigenvalue weighted by molar-refractivity contribution is 7.92. The highest BCUT2D eigenvalue weighted by atomic mass is 32.2. The number of aryl methyl sites for hydroxylation is 1. The zero-order valence-electron chi connectivity index (χ0n) is 20.9. The largest absolute Gasteiger partial charge is 0.351 e. The molecule has 1 aromatic heterocycles. The number of hydrogen-bond donors (Lipinski definition) is 2. The SMILES string of the molecule is Cc1ccc2nc(N3CCN(CCNC(=O)c4ccccc4NS(=O)(=O)c4ccc(F)cc4)CC3)sc2c1. The van der Waals surface area contributed by atoms with Crippen LogP contribution in [-0.2, 0) is 10.0 Å². The first-order valence-corrected chi connectivity index (χ1v) is 14.6. The Balaban J connectivity index is 1.14. The van der Waals surface area contributed by atoms with E-state index in [1.165, 1.54) is 28.5 Å². The van der Waals surface area contributed by atoms with Gasteiger partial charge in [0.25, 0.3) is 15.9 Å². The number of thiazole rings is 1. The first-order chi connectivity index (χ1) is 18.3.